The highest BCUT2D eigenvalue weighted by atomic mass is 16.3. The summed E-state index contributed by atoms with van der Waals surface area (Å²) < 4.78 is 0. The van der Waals surface area contributed by atoms with Crippen LogP contribution in [0.15, 0.2) is 35.4 Å². The van der Waals surface area contributed by atoms with Gasteiger partial charge in [-0.3, -0.25) is 4.79 Å². The van der Waals surface area contributed by atoms with Crippen molar-refractivity contribution >= 4 is 17.3 Å². The summed E-state index contributed by atoms with van der Waals surface area (Å²) in [7, 11) is 0. The Morgan fingerprint density at radius 2 is 1.93 bits per heavy atom. The van der Waals surface area contributed by atoms with Gasteiger partial charge in [0.05, 0.1) is 11.4 Å². The van der Waals surface area contributed by atoms with Gasteiger partial charge in [0.2, 0.25) is 0 Å². The Kier molecular flexibility index (Phi) is 2.08. The lowest BCUT2D eigenvalue weighted by Crippen LogP contribution is -2.42. The number of benzene rings is 1. The topological polar surface area (TPSA) is 52.9 Å². The van der Waals surface area contributed by atoms with Gasteiger partial charge >= 0.3 is 0 Å². The number of carbonyl (C=O) groups is 1. The molecule has 4 heteroatoms. The number of aliphatic hydroxyl groups is 1. The molecular formula is C11H12N2O2. The lowest BCUT2D eigenvalue weighted by molar-refractivity contribution is -0.128. The third kappa shape index (κ3) is 1.43. The van der Waals surface area contributed by atoms with E-state index in [9.17, 15) is 9.90 Å². The van der Waals surface area contributed by atoms with Gasteiger partial charge in [-0.2, -0.15) is 10.1 Å². The van der Waals surface area contributed by atoms with Crippen molar-refractivity contribution in [2.75, 3.05) is 5.01 Å². The number of para-hydroxylation sites is 1. The average Bonchev–Trinajstić information content (AvgIpc) is 2.44. The van der Waals surface area contributed by atoms with Gasteiger partial charge in [-0.05, 0) is 26.0 Å². The van der Waals surface area contributed by atoms with E-state index in [0.717, 1.165) is 0 Å². The number of amides is 1. The lowest BCUT2D eigenvalue weighted by atomic mass is 10.0. The minimum atomic E-state index is -1.48. The fourth-order valence-electron chi connectivity index (χ4n) is 1.40. The standard InChI is InChI=1S/C11H12N2O2/c1-8-11(2,15)10(14)13(12-8)9-6-4-3-5-7-9/h3-7,15H,1-2H3/t11-/m1/s1. The molecule has 0 radical (unpaired) electrons. The molecule has 2 rings (SSSR count). The summed E-state index contributed by atoms with van der Waals surface area (Å²) in [4.78, 5) is 11.8. The lowest BCUT2D eigenvalue weighted by Gasteiger charge is -2.17. The second-order valence-corrected chi connectivity index (χ2v) is 3.71. The van der Waals surface area contributed by atoms with Crippen molar-refractivity contribution in [2.24, 2.45) is 5.10 Å². The third-order valence-electron chi connectivity index (χ3n) is 2.56. The highest BCUT2D eigenvalue weighted by Crippen LogP contribution is 2.25. The van der Waals surface area contributed by atoms with Crippen molar-refractivity contribution in [3.63, 3.8) is 0 Å². The average molecular weight is 204 g/mol. The SMILES string of the molecule is CC1=NN(c2ccccc2)C(=O)[C@]1(C)O. The molecule has 0 aliphatic carbocycles. The fourth-order valence-corrected chi connectivity index (χ4v) is 1.40. The van der Waals surface area contributed by atoms with Crippen LogP contribution in [0.25, 0.3) is 0 Å². The molecule has 1 aliphatic rings. The first kappa shape index (κ1) is 9.86. The van der Waals surface area contributed by atoms with Gasteiger partial charge in [0.15, 0.2) is 5.60 Å². The first-order valence-electron chi connectivity index (χ1n) is 4.71. The van der Waals surface area contributed by atoms with E-state index in [1.54, 1.807) is 19.1 Å². The van der Waals surface area contributed by atoms with Crippen molar-refractivity contribution in [2.45, 2.75) is 19.4 Å². The normalized spacial score (nSPS) is 25.7. The van der Waals surface area contributed by atoms with Crippen LogP contribution in [0.1, 0.15) is 13.8 Å². The van der Waals surface area contributed by atoms with Crippen molar-refractivity contribution in [3.8, 4) is 0 Å². The first-order valence-corrected chi connectivity index (χ1v) is 4.71. The van der Waals surface area contributed by atoms with E-state index < -0.39 is 11.5 Å². The van der Waals surface area contributed by atoms with Gasteiger partial charge < -0.3 is 5.11 Å². The molecule has 15 heavy (non-hydrogen) atoms. The van der Waals surface area contributed by atoms with Gasteiger partial charge in [0.1, 0.15) is 0 Å². The number of hydrogen-bond acceptors (Lipinski definition) is 3. The molecule has 78 valence electrons. The highest BCUT2D eigenvalue weighted by molar-refractivity contribution is 6.20. The van der Waals surface area contributed by atoms with Crippen molar-refractivity contribution < 1.29 is 9.90 Å². The zero-order valence-electron chi connectivity index (χ0n) is 8.64. The maximum absolute atomic E-state index is 11.8. The van der Waals surface area contributed by atoms with Crippen LogP contribution in [0.4, 0.5) is 5.69 Å². The van der Waals surface area contributed by atoms with Crippen LogP contribution in [0.3, 0.4) is 0 Å². The molecule has 1 amide bonds. The maximum atomic E-state index is 11.8. The molecule has 0 fully saturated rings. The summed E-state index contributed by atoms with van der Waals surface area (Å²) in [5.41, 5.74) is -0.397. The smallest absolute Gasteiger partial charge is 0.284 e. The van der Waals surface area contributed by atoms with Crippen LogP contribution >= 0.6 is 0 Å². The summed E-state index contributed by atoms with van der Waals surface area (Å²) in [5.74, 6) is -0.411. The van der Waals surface area contributed by atoms with Crippen LogP contribution < -0.4 is 5.01 Å². The number of rotatable bonds is 1. The summed E-state index contributed by atoms with van der Waals surface area (Å²) in [5, 5.41) is 15.1. The molecule has 1 heterocycles. The second-order valence-electron chi connectivity index (χ2n) is 3.71. The molecule has 1 aromatic carbocycles. The fraction of sp³-hybridized carbons (Fsp3) is 0.273. The summed E-state index contributed by atoms with van der Waals surface area (Å²) in [6.07, 6.45) is 0. The molecule has 1 aromatic rings. The van der Waals surface area contributed by atoms with Crippen LogP contribution in [-0.4, -0.2) is 22.3 Å². The Hall–Kier alpha value is -1.68. The molecule has 1 N–H and O–H groups in total. The number of carbonyl (C=O) groups excluding carboxylic acids is 1. The monoisotopic (exact) mass is 204 g/mol. The maximum Gasteiger partial charge on any atom is 0.284 e. The molecule has 0 bridgehead atoms. The molecule has 4 nitrogen and oxygen atoms in total. The van der Waals surface area contributed by atoms with E-state index >= 15 is 0 Å². The van der Waals surface area contributed by atoms with E-state index in [2.05, 4.69) is 5.10 Å². The van der Waals surface area contributed by atoms with E-state index in [4.69, 9.17) is 0 Å². The van der Waals surface area contributed by atoms with Gasteiger partial charge in [-0.1, -0.05) is 18.2 Å². The molecule has 0 saturated heterocycles. The second kappa shape index (κ2) is 3.17. The number of anilines is 1. The molecule has 0 unspecified atom stereocenters. The minimum Gasteiger partial charge on any atom is -0.374 e. The van der Waals surface area contributed by atoms with Gasteiger partial charge in [-0.15, -0.1) is 0 Å². The predicted octanol–water partition coefficient (Wildman–Crippen LogP) is 1.16. The van der Waals surface area contributed by atoms with E-state index in [1.807, 2.05) is 18.2 Å². The quantitative estimate of drug-likeness (QED) is 0.746. The van der Waals surface area contributed by atoms with Crippen molar-refractivity contribution in [1.82, 2.24) is 0 Å². The van der Waals surface area contributed by atoms with Crippen LogP contribution in [0.2, 0.25) is 0 Å². The Bertz CT molecular complexity index is 423. The molecule has 1 aliphatic heterocycles. The number of hydrazone groups is 1. The Labute approximate surface area is 87.8 Å². The summed E-state index contributed by atoms with van der Waals surface area (Å²) in [6, 6.07) is 9.05. The number of nitrogens with zero attached hydrogens (tertiary/aromatic N) is 2. The van der Waals surface area contributed by atoms with Gasteiger partial charge in [0.25, 0.3) is 5.91 Å². The van der Waals surface area contributed by atoms with E-state index in [0.29, 0.717) is 11.4 Å². The van der Waals surface area contributed by atoms with Gasteiger partial charge in [-0.25, -0.2) is 0 Å². The zero-order valence-corrected chi connectivity index (χ0v) is 8.64. The molecule has 0 saturated carbocycles. The summed E-state index contributed by atoms with van der Waals surface area (Å²) >= 11 is 0. The largest absolute Gasteiger partial charge is 0.374 e. The van der Waals surface area contributed by atoms with Crippen LogP contribution in [0, 0.1) is 0 Å². The van der Waals surface area contributed by atoms with Crippen molar-refractivity contribution in [1.29, 1.82) is 0 Å². The molecular weight excluding hydrogens is 192 g/mol. The van der Waals surface area contributed by atoms with Crippen LogP contribution in [0.5, 0.6) is 0 Å². The van der Waals surface area contributed by atoms with E-state index in [1.165, 1.54) is 11.9 Å². The molecule has 0 aromatic heterocycles. The summed E-state index contributed by atoms with van der Waals surface area (Å²) in [6.45, 7) is 3.10. The molecule has 1 atom stereocenters. The van der Waals surface area contributed by atoms with Crippen molar-refractivity contribution in [3.05, 3.63) is 30.3 Å². The highest BCUT2D eigenvalue weighted by Gasteiger charge is 2.43. The number of hydrogen-bond donors (Lipinski definition) is 1. The Morgan fingerprint density at radius 3 is 2.40 bits per heavy atom. The van der Waals surface area contributed by atoms with Gasteiger partial charge in [0, 0.05) is 0 Å². The van der Waals surface area contributed by atoms with Crippen LogP contribution in [-0.2, 0) is 4.79 Å². The Morgan fingerprint density at radius 1 is 1.33 bits per heavy atom. The first-order chi connectivity index (χ1) is 7.03. The third-order valence-corrected chi connectivity index (χ3v) is 2.56. The minimum absolute atomic E-state index is 0.411. The predicted molar refractivity (Wildman–Crippen MR) is 57.7 cm³/mol. The Balaban J connectivity index is 2.40. The molecule has 0 spiro atoms. The van der Waals surface area contributed by atoms with E-state index in [-0.39, 0.29) is 0 Å². The zero-order chi connectivity index (χ0) is 11.1.